The Bertz CT molecular complexity index is 206. The van der Waals surface area contributed by atoms with E-state index in [4.69, 9.17) is 4.74 Å². The summed E-state index contributed by atoms with van der Waals surface area (Å²) in [6, 6.07) is 0. The molecule has 1 heterocycles. The van der Waals surface area contributed by atoms with Gasteiger partial charge in [0.15, 0.2) is 0 Å². The molecule has 1 amide bonds. The van der Waals surface area contributed by atoms with Crippen LogP contribution in [-0.2, 0) is 4.74 Å². The summed E-state index contributed by atoms with van der Waals surface area (Å²) in [5.41, 5.74) is -0.423. The van der Waals surface area contributed by atoms with Gasteiger partial charge in [0.25, 0.3) is 0 Å². The van der Waals surface area contributed by atoms with Gasteiger partial charge < -0.3 is 10.1 Å². The summed E-state index contributed by atoms with van der Waals surface area (Å²) in [4.78, 5) is 12.8. The first-order chi connectivity index (χ1) is 5.49. The predicted molar refractivity (Wildman–Crippen MR) is 45.2 cm³/mol. The number of hydrogen-bond acceptors (Lipinski definition) is 3. The van der Waals surface area contributed by atoms with Crippen molar-refractivity contribution in [1.29, 1.82) is 0 Å². The van der Waals surface area contributed by atoms with Crippen LogP contribution in [0.15, 0.2) is 12.4 Å². The molecule has 68 valence electrons. The third-order valence-electron chi connectivity index (χ3n) is 1.26. The van der Waals surface area contributed by atoms with E-state index in [2.05, 4.69) is 5.32 Å². The molecule has 1 rings (SSSR count). The summed E-state index contributed by atoms with van der Waals surface area (Å²) in [5, 5.41) is 2.88. The monoisotopic (exact) mass is 170 g/mol. The second-order valence-corrected chi connectivity index (χ2v) is 3.63. The normalized spacial score (nSPS) is 16.1. The summed E-state index contributed by atoms with van der Waals surface area (Å²) >= 11 is 0. The first-order valence-electron chi connectivity index (χ1n) is 3.89. The van der Waals surface area contributed by atoms with Crippen LogP contribution < -0.4 is 5.32 Å². The highest BCUT2D eigenvalue weighted by Gasteiger charge is 2.21. The first-order valence-corrected chi connectivity index (χ1v) is 3.89. The molecule has 0 radical (unpaired) electrons. The van der Waals surface area contributed by atoms with E-state index in [-0.39, 0.29) is 6.09 Å². The number of nitrogens with one attached hydrogen (secondary N) is 1. The Hall–Kier alpha value is -1.19. The van der Waals surface area contributed by atoms with Gasteiger partial charge in [-0.25, -0.2) is 4.79 Å². The average Bonchev–Trinajstić information content (AvgIpc) is 2.32. The molecule has 12 heavy (non-hydrogen) atoms. The Morgan fingerprint density at radius 3 is 2.67 bits per heavy atom. The fourth-order valence-electron chi connectivity index (χ4n) is 0.792. The van der Waals surface area contributed by atoms with Crippen LogP contribution in [0.25, 0.3) is 0 Å². The molecule has 0 atom stereocenters. The topological polar surface area (TPSA) is 41.6 Å². The maximum absolute atomic E-state index is 11.3. The predicted octanol–water partition coefficient (Wildman–Crippen LogP) is 1.26. The van der Waals surface area contributed by atoms with Crippen molar-refractivity contribution in [1.82, 2.24) is 10.2 Å². The van der Waals surface area contributed by atoms with Crippen molar-refractivity contribution < 1.29 is 9.53 Å². The molecule has 0 aromatic rings. The number of rotatable bonds is 0. The zero-order valence-electron chi connectivity index (χ0n) is 7.63. The van der Waals surface area contributed by atoms with Gasteiger partial charge in [-0.3, -0.25) is 4.90 Å². The van der Waals surface area contributed by atoms with Gasteiger partial charge in [-0.05, 0) is 20.8 Å². The largest absolute Gasteiger partial charge is 0.443 e. The third kappa shape index (κ3) is 2.45. The summed E-state index contributed by atoms with van der Waals surface area (Å²) < 4.78 is 5.12. The van der Waals surface area contributed by atoms with Gasteiger partial charge in [-0.15, -0.1) is 0 Å². The maximum atomic E-state index is 11.3. The number of nitrogens with zero attached hydrogens (tertiary/aromatic N) is 1. The van der Waals surface area contributed by atoms with Crippen molar-refractivity contribution in [3.63, 3.8) is 0 Å². The molecule has 1 aliphatic rings. The molecule has 0 bridgehead atoms. The molecule has 0 aliphatic carbocycles. The van der Waals surface area contributed by atoms with Crippen molar-refractivity contribution >= 4 is 6.09 Å². The van der Waals surface area contributed by atoms with Crippen LogP contribution in [0.3, 0.4) is 0 Å². The number of amides is 1. The van der Waals surface area contributed by atoms with Gasteiger partial charge in [-0.2, -0.15) is 0 Å². The fourth-order valence-corrected chi connectivity index (χ4v) is 0.792. The second-order valence-electron chi connectivity index (χ2n) is 3.63. The van der Waals surface area contributed by atoms with Crippen LogP contribution in [0.1, 0.15) is 20.8 Å². The lowest BCUT2D eigenvalue weighted by Crippen LogP contribution is -2.34. The van der Waals surface area contributed by atoms with Gasteiger partial charge in [0, 0.05) is 12.4 Å². The van der Waals surface area contributed by atoms with Crippen molar-refractivity contribution in [3.05, 3.63) is 12.4 Å². The molecule has 0 spiro atoms. The Kier molecular flexibility index (Phi) is 2.26. The zero-order chi connectivity index (χ0) is 9.19. The molecule has 0 unspecified atom stereocenters. The zero-order valence-corrected chi connectivity index (χ0v) is 7.63. The molecule has 0 saturated heterocycles. The van der Waals surface area contributed by atoms with E-state index in [0.717, 1.165) is 0 Å². The SMILES string of the molecule is CC(C)(C)OC(=O)N1C=CNC1. The quantitative estimate of drug-likeness (QED) is 0.595. The van der Waals surface area contributed by atoms with Crippen LogP contribution >= 0.6 is 0 Å². The van der Waals surface area contributed by atoms with Gasteiger partial charge in [0.1, 0.15) is 5.60 Å². The Morgan fingerprint density at radius 1 is 1.58 bits per heavy atom. The fraction of sp³-hybridized carbons (Fsp3) is 0.625. The molecule has 0 fully saturated rings. The summed E-state index contributed by atoms with van der Waals surface area (Å²) in [7, 11) is 0. The van der Waals surface area contributed by atoms with E-state index in [1.54, 1.807) is 12.4 Å². The molecule has 1 aliphatic heterocycles. The van der Waals surface area contributed by atoms with Crippen LogP contribution in [0.4, 0.5) is 4.79 Å². The van der Waals surface area contributed by atoms with Crippen molar-refractivity contribution in [3.8, 4) is 0 Å². The minimum absolute atomic E-state index is 0.316. The second kappa shape index (κ2) is 3.05. The van der Waals surface area contributed by atoms with E-state index < -0.39 is 5.60 Å². The molecular weight excluding hydrogens is 156 g/mol. The minimum Gasteiger partial charge on any atom is -0.443 e. The lowest BCUT2D eigenvalue weighted by molar-refractivity contribution is 0.0344. The van der Waals surface area contributed by atoms with E-state index in [1.165, 1.54) is 4.90 Å². The number of carbonyl (C=O) groups is 1. The van der Waals surface area contributed by atoms with Crippen LogP contribution in [0.2, 0.25) is 0 Å². The van der Waals surface area contributed by atoms with Crippen LogP contribution in [-0.4, -0.2) is 23.3 Å². The van der Waals surface area contributed by atoms with E-state index in [0.29, 0.717) is 6.67 Å². The van der Waals surface area contributed by atoms with Gasteiger partial charge in [0.05, 0.1) is 6.67 Å². The van der Waals surface area contributed by atoms with Crippen molar-refractivity contribution in [2.75, 3.05) is 6.67 Å². The van der Waals surface area contributed by atoms with Gasteiger partial charge in [0.2, 0.25) is 0 Å². The van der Waals surface area contributed by atoms with Crippen molar-refractivity contribution in [2.24, 2.45) is 0 Å². The minimum atomic E-state index is -0.423. The molecule has 0 saturated carbocycles. The standard InChI is InChI=1S/C8H14N2O2/c1-8(2,3)12-7(11)10-5-4-9-6-10/h4-5,9H,6H2,1-3H3. The smallest absolute Gasteiger partial charge is 0.415 e. The lowest BCUT2D eigenvalue weighted by atomic mass is 10.2. The Balaban J connectivity index is 2.43. The number of carbonyl (C=O) groups excluding carboxylic acids is 1. The van der Waals surface area contributed by atoms with Crippen LogP contribution in [0, 0.1) is 0 Å². The van der Waals surface area contributed by atoms with Crippen LogP contribution in [0.5, 0.6) is 0 Å². The first kappa shape index (κ1) is 8.90. The summed E-state index contributed by atoms with van der Waals surface area (Å²) in [6.45, 7) is 6.03. The summed E-state index contributed by atoms with van der Waals surface area (Å²) in [5.74, 6) is 0. The highest BCUT2D eigenvalue weighted by Crippen LogP contribution is 2.10. The Labute approximate surface area is 72.2 Å². The highest BCUT2D eigenvalue weighted by atomic mass is 16.6. The molecule has 4 nitrogen and oxygen atoms in total. The highest BCUT2D eigenvalue weighted by molar-refractivity contribution is 5.69. The Morgan fingerprint density at radius 2 is 2.25 bits per heavy atom. The average molecular weight is 170 g/mol. The van der Waals surface area contributed by atoms with E-state index in [1.807, 2.05) is 20.8 Å². The van der Waals surface area contributed by atoms with E-state index >= 15 is 0 Å². The third-order valence-corrected chi connectivity index (χ3v) is 1.26. The van der Waals surface area contributed by atoms with Gasteiger partial charge >= 0.3 is 6.09 Å². The maximum Gasteiger partial charge on any atom is 0.415 e. The number of hydrogen-bond donors (Lipinski definition) is 1. The summed E-state index contributed by atoms with van der Waals surface area (Å²) in [6.07, 6.45) is 3.06. The molecule has 0 aromatic heterocycles. The molecule has 0 aromatic carbocycles. The lowest BCUT2D eigenvalue weighted by Gasteiger charge is -2.22. The molecule has 4 heteroatoms. The molecule has 1 N–H and O–H groups in total. The van der Waals surface area contributed by atoms with Gasteiger partial charge in [-0.1, -0.05) is 0 Å². The van der Waals surface area contributed by atoms with E-state index in [9.17, 15) is 4.79 Å². The van der Waals surface area contributed by atoms with Crippen molar-refractivity contribution in [2.45, 2.75) is 26.4 Å². The molecular formula is C8H14N2O2. The number of ether oxygens (including phenoxy) is 1.